The predicted molar refractivity (Wildman–Crippen MR) is 80.4 cm³/mol. The summed E-state index contributed by atoms with van der Waals surface area (Å²) in [5.41, 5.74) is 3.89. The number of halogens is 1. The number of hydrazine groups is 1. The van der Waals surface area contributed by atoms with E-state index in [9.17, 15) is 4.79 Å². The molecule has 1 fully saturated rings. The van der Waals surface area contributed by atoms with Crippen LogP contribution in [-0.4, -0.2) is 49.0 Å². The topological polar surface area (TPSA) is 35.6 Å². The molecule has 0 saturated carbocycles. The summed E-state index contributed by atoms with van der Waals surface area (Å²) >= 11 is 3.45. The van der Waals surface area contributed by atoms with Crippen LogP contribution in [0, 0.1) is 0 Å². The van der Waals surface area contributed by atoms with Gasteiger partial charge in [0.15, 0.2) is 0 Å². The second-order valence-electron chi connectivity index (χ2n) is 4.62. The molecular formula is C14H18BrN3O. The summed E-state index contributed by atoms with van der Waals surface area (Å²) in [6.07, 6.45) is 3.38. The average Bonchev–Trinajstić information content (AvgIpc) is 2.40. The van der Waals surface area contributed by atoms with Crippen molar-refractivity contribution in [3.8, 4) is 0 Å². The number of nitrogens with one attached hydrogen (secondary N) is 1. The maximum Gasteiger partial charge on any atom is 0.258 e. The molecule has 1 aliphatic rings. The Balaban J connectivity index is 1.86. The highest BCUT2D eigenvalue weighted by molar-refractivity contribution is 9.10. The Labute approximate surface area is 122 Å². The number of carbonyl (C=O) groups excluding carboxylic acids is 1. The van der Waals surface area contributed by atoms with Gasteiger partial charge in [0.1, 0.15) is 0 Å². The molecule has 102 valence electrons. The van der Waals surface area contributed by atoms with E-state index in [1.165, 1.54) is 0 Å². The summed E-state index contributed by atoms with van der Waals surface area (Å²) < 4.78 is 0.985. The lowest BCUT2D eigenvalue weighted by Crippen LogP contribution is -2.52. The molecule has 1 N–H and O–H groups in total. The van der Waals surface area contributed by atoms with Crippen LogP contribution < -0.4 is 5.43 Å². The second-order valence-corrected chi connectivity index (χ2v) is 5.48. The van der Waals surface area contributed by atoms with Crippen molar-refractivity contribution >= 4 is 27.9 Å². The Morgan fingerprint density at radius 1 is 1.26 bits per heavy atom. The molecular weight excluding hydrogens is 306 g/mol. The first-order chi connectivity index (χ1) is 9.15. The molecule has 1 aromatic carbocycles. The molecule has 0 aliphatic carbocycles. The second kappa shape index (κ2) is 6.84. The fourth-order valence-corrected chi connectivity index (χ4v) is 2.30. The molecule has 0 unspecified atom stereocenters. The fraction of sp³-hybridized carbons (Fsp3) is 0.357. The Morgan fingerprint density at radius 3 is 2.63 bits per heavy atom. The summed E-state index contributed by atoms with van der Waals surface area (Å²) in [7, 11) is 2.09. The summed E-state index contributed by atoms with van der Waals surface area (Å²) in [4.78, 5) is 14.1. The fourth-order valence-electron chi connectivity index (χ4n) is 1.89. The normalized spacial score (nSPS) is 17.8. The number of nitrogens with zero attached hydrogens (tertiary/aromatic N) is 2. The zero-order valence-electron chi connectivity index (χ0n) is 11.0. The van der Waals surface area contributed by atoms with Crippen LogP contribution in [0.1, 0.15) is 5.56 Å². The third kappa shape index (κ3) is 4.45. The Bertz CT molecular complexity index is 468. The van der Waals surface area contributed by atoms with Gasteiger partial charge in [-0.2, -0.15) is 0 Å². The van der Waals surface area contributed by atoms with Crippen molar-refractivity contribution in [2.75, 3.05) is 33.2 Å². The van der Waals surface area contributed by atoms with Gasteiger partial charge in [0.2, 0.25) is 0 Å². The van der Waals surface area contributed by atoms with E-state index in [0.29, 0.717) is 0 Å². The van der Waals surface area contributed by atoms with E-state index >= 15 is 0 Å². The highest BCUT2D eigenvalue weighted by Crippen LogP contribution is 2.16. The molecule has 0 aromatic heterocycles. The molecule has 0 bridgehead atoms. The first kappa shape index (κ1) is 14.2. The van der Waals surface area contributed by atoms with Gasteiger partial charge in [-0.05, 0) is 24.8 Å². The SMILES string of the molecule is CN1CCN(NC(=O)/C=C/c2ccccc2Br)CC1. The van der Waals surface area contributed by atoms with Crippen LogP contribution in [-0.2, 0) is 4.79 Å². The van der Waals surface area contributed by atoms with Gasteiger partial charge in [0.05, 0.1) is 0 Å². The van der Waals surface area contributed by atoms with Crippen LogP contribution in [0.5, 0.6) is 0 Å². The average molecular weight is 324 g/mol. The number of amides is 1. The Kier molecular flexibility index (Phi) is 5.13. The molecule has 1 heterocycles. The van der Waals surface area contributed by atoms with E-state index in [0.717, 1.165) is 36.2 Å². The van der Waals surface area contributed by atoms with Crippen molar-refractivity contribution < 1.29 is 4.79 Å². The van der Waals surface area contributed by atoms with Crippen molar-refractivity contribution in [1.82, 2.24) is 15.3 Å². The third-order valence-electron chi connectivity index (χ3n) is 3.09. The first-order valence-corrected chi connectivity index (χ1v) is 7.11. The number of piperazine rings is 1. The molecule has 19 heavy (non-hydrogen) atoms. The maximum absolute atomic E-state index is 11.8. The number of likely N-dealkylation sites (N-methyl/N-ethyl adjacent to an activating group) is 1. The van der Waals surface area contributed by atoms with Crippen molar-refractivity contribution in [3.63, 3.8) is 0 Å². The summed E-state index contributed by atoms with van der Waals surface area (Å²) in [5, 5.41) is 1.96. The van der Waals surface area contributed by atoms with Crippen LogP contribution in [0.15, 0.2) is 34.8 Å². The van der Waals surface area contributed by atoms with E-state index in [-0.39, 0.29) is 5.91 Å². The lowest BCUT2D eigenvalue weighted by Gasteiger charge is -2.31. The molecule has 1 amide bonds. The standard InChI is InChI=1S/C14H18BrN3O/c1-17-8-10-18(11-9-17)16-14(19)7-6-12-4-2-3-5-13(12)15/h2-7H,8-11H2,1H3,(H,16,19)/b7-6+. The summed E-state index contributed by atoms with van der Waals surface area (Å²) in [6.45, 7) is 3.69. The largest absolute Gasteiger partial charge is 0.304 e. The van der Waals surface area contributed by atoms with Gasteiger partial charge in [0, 0.05) is 36.7 Å². The smallest absolute Gasteiger partial charge is 0.258 e. The van der Waals surface area contributed by atoms with Crippen LogP contribution >= 0.6 is 15.9 Å². The molecule has 0 radical (unpaired) electrons. The van der Waals surface area contributed by atoms with Crippen molar-refractivity contribution in [2.24, 2.45) is 0 Å². The molecule has 5 heteroatoms. The van der Waals surface area contributed by atoms with E-state index in [2.05, 4.69) is 33.3 Å². The predicted octanol–water partition coefficient (Wildman–Crippen LogP) is 1.74. The van der Waals surface area contributed by atoms with Crippen LogP contribution in [0.2, 0.25) is 0 Å². The first-order valence-electron chi connectivity index (χ1n) is 6.32. The zero-order valence-corrected chi connectivity index (χ0v) is 12.6. The number of hydrogen-bond donors (Lipinski definition) is 1. The molecule has 1 saturated heterocycles. The zero-order chi connectivity index (χ0) is 13.7. The molecule has 1 aliphatic heterocycles. The van der Waals surface area contributed by atoms with E-state index < -0.39 is 0 Å². The number of hydrogen-bond acceptors (Lipinski definition) is 3. The number of rotatable bonds is 3. The van der Waals surface area contributed by atoms with Gasteiger partial charge < -0.3 is 4.90 Å². The van der Waals surface area contributed by atoms with Crippen molar-refractivity contribution in [3.05, 3.63) is 40.4 Å². The summed E-state index contributed by atoms with van der Waals surface area (Å²) in [5.74, 6) is -0.0830. The van der Waals surface area contributed by atoms with Crippen LogP contribution in [0.4, 0.5) is 0 Å². The molecule has 4 nitrogen and oxygen atoms in total. The van der Waals surface area contributed by atoms with Crippen LogP contribution in [0.25, 0.3) is 6.08 Å². The van der Waals surface area contributed by atoms with E-state index in [1.54, 1.807) is 6.08 Å². The molecule has 2 rings (SSSR count). The number of carbonyl (C=O) groups is 1. The minimum atomic E-state index is -0.0830. The lowest BCUT2D eigenvalue weighted by atomic mass is 10.2. The highest BCUT2D eigenvalue weighted by Gasteiger charge is 2.14. The minimum absolute atomic E-state index is 0.0830. The monoisotopic (exact) mass is 323 g/mol. The van der Waals surface area contributed by atoms with E-state index in [1.807, 2.05) is 35.4 Å². The van der Waals surface area contributed by atoms with Crippen molar-refractivity contribution in [2.45, 2.75) is 0 Å². The summed E-state index contributed by atoms with van der Waals surface area (Å²) in [6, 6.07) is 7.82. The Morgan fingerprint density at radius 2 is 1.95 bits per heavy atom. The van der Waals surface area contributed by atoms with Gasteiger partial charge in [-0.15, -0.1) is 0 Å². The molecule has 0 spiro atoms. The minimum Gasteiger partial charge on any atom is -0.304 e. The number of benzene rings is 1. The quantitative estimate of drug-likeness (QED) is 0.861. The van der Waals surface area contributed by atoms with E-state index in [4.69, 9.17) is 0 Å². The van der Waals surface area contributed by atoms with Crippen LogP contribution in [0.3, 0.4) is 0 Å². The Hall–Kier alpha value is -1.17. The molecule has 1 aromatic rings. The third-order valence-corrected chi connectivity index (χ3v) is 3.81. The molecule has 0 atom stereocenters. The van der Waals surface area contributed by atoms with Gasteiger partial charge in [-0.1, -0.05) is 34.1 Å². The van der Waals surface area contributed by atoms with Gasteiger partial charge in [-0.3, -0.25) is 10.2 Å². The van der Waals surface area contributed by atoms with Crippen molar-refractivity contribution in [1.29, 1.82) is 0 Å². The maximum atomic E-state index is 11.8. The van der Waals surface area contributed by atoms with Gasteiger partial charge in [0.25, 0.3) is 5.91 Å². The lowest BCUT2D eigenvalue weighted by molar-refractivity contribution is -0.121. The highest BCUT2D eigenvalue weighted by atomic mass is 79.9. The van der Waals surface area contributed by atoms with Gasteiger partial charge in [-0.25, -0.2) is 5.01 Å². The van der Waals surface area contributed by atoms with Gasteiger partial charge >= 0.3 is 0 Å².